The second-order valence-electron chi connectivity index (χ2n) is 0.447. The van der Waals surface area contributed by atoms with Gasteiger partial charge >= 0.3 is 17.1 Å². The summed E-state index contributed by atoms with van der Waals surface area (Å²) in [5.41, 5.74) is 0. The molecule has 16 heavy (non-hydrogen) atoms. The molecule has 113 valence electrons. The van der Waals surface area contributed by atoms with Gasteiger partial charge in [-0.1, -0.05) is 0 Å². The molecule has 14 N–H and O–H groups in total. The third-order valence-corrected chi connectivity index (χ3v) is 0. The average Bonchev–Trinajstić information content (AvgIpc) is 1.25. The Morgan fingerprint density at radius 2 is 0.500 bits per heavy atom. The average molecular weight is 314 g/mol. The van der Waals surface area contributed by atoms with E-state index in [0.717, 1.165) is 0 Å². The van der Waals surface area contributed by atoms with Gasteiger partial charge in [0.25, 0.3) is 0 Å². The van der Waals surface area contributed by atoms with Gasteiger partial charge in [0.2, 0.25) is 0 Å². The van der Waals surface area contributed by atoms with Gasteiger partial charge in [-0.2, -0.15) is 0 Å². The van der Waals surface area contributed by atoms with Crippen LogP contribution in [0.25, 0.3) is 0 Å². The maximum Gasteiger partial charge on any atom is 2.00 e. The molecule has 1 radical (unpaired) electrons. The zero-order chi connectivity index (χ0) is 7.15. The van der Waals surface area contributed by atoms with E-state index in [1.807, 2.05) is 0 Å². The molecule has 0 bridgehead atoms. The zero-order valence-electron chi connectivity index (χ0n) is 7.15. The van der Waals surface area contributed by atoms with Crippen LogP contribution in [0, 0.1) is 30.6 Å². The third-order valence-electron chi connectivity index (χ3n) is 0. The van der Waals surface area contributed by atoms with Crippen LogP contribution in [0.3, 0.4) is 0 Å². The van der Waals surface area contributed by atoms with E-state index in [0.29, 0.717) is 0 Å². The van der Waals surface area contributed by atoms with Crippen molar-refractivity contribution in [1.82, 2.24) is 0 Å². The molecule has 0 saturated carbocycles. The van der Waals surface area contributed by atoms with Crippen molar-refractivity contribution in [2.45, 2.75) is 0 Å². The Bertz CT molecular complexity index is 71.9. The molecule has 0 aromatic carbocycles. The molecule has 0 heterocycles. The van der Waals surface area contributed by atoms with Crippen LogP contribution in [0.15, 0.2) is 0 Å². The van der Waals surface area contributed by atoms with Gasteiger partial charge in [0.15, 0.2) is 0 Å². The molecule has 0 fully saturated rings. The molecule has 0 aliphatic rings. The summed E-state index contributed by atoms with van der Waals surface area (Å²) < 4.78 is 0. The van der Waals surface area contributed by atoms with Crippen LogP contribution in [0.5, 0.6) is 0 Å². The van der Waals surface area contributed by atoms with E-state index in [1.54, 1.807) is 0 Å². The molecule has 0 spiro atoms. The van der Waals surface area contributed by atoms with Crippen molar-refractivity contribution >= 4 is 0 Å². The van der Waals surface area contributed by atoms with Crippen molar-refractivity contribution in [2.75, 3.05) is 0 Å². The number of hydrogen-bond donors (Lipinski definition) is 0. The van der Waals surface area contributed by atoms with Crippen LogP contribution in [0.2, 0.25) is 0 Å². The topological polar surface area (TPSA) is 353 Å². The molecular formula is H14CuN2O13. The molecule has 16 heteroatoms. The normalized spacial score (nSPS) is 3.00. The maximum absolute atomic E-state index is 8.25. The number of hydrogen-bond acceptors (Lipinski definition) is 6. The second kappa shape index (κ2) is 101. The quantitative estimate of drug-likeness (QED) is 0.237. The molecule has 0 aliphatic carbocycles. The minimum Gasteiger partial charge on any atom is -0.412 e. The predicted octanol–water partition coefficient (Wildman–Crippen LogP) is -6.25. The first-order chi connectivity index (χ1) is 3.46. The third kappa shape index (κ3) is 925. The van der Waals surface area contributed by atoms with Crippen LogP contribution in [-0.4, -0.2) is 48.5 Å². The van der Waals surface area contributed by atoms with Crippen molar-refractivity contribution in [3.8, 4) is 0 Å². The first-order valence-corrected chi connectivity index (χ1v) is 1.10. The van der Waals surface area contributed by atoms with Crippen LogP contribution >= 0.6 is 0 Å². The van der Waals surface area contributed by atoms with Crippen LogP contribution in [0.4, 0.5) is 0 Å². The summed E-state index contributed by atoms with van der Waals surface area (Å²) in [6, 6.07) is 0. The smallest absolute Gasteiger partial charge is 0.412 e. The molecular weight excluding hydrogens is 300 g/mol. The summed E-state index contributed by atoms with van der Waals surface area (Å²) in [4.78, 5) is 16.5. The van der Waals surface area contributed by atoms with E-state index >= 15 is 0 Å². The Morgan fingerprint density at radius 3 is 0.500 bits per heavy atom. The Labute approximate surface area is 97.1 Å². The van der Waals surface area contributed by atoms with Gasteiger partial charge in [-0.25, -0.2) is 0 Å². The number of rotatable bonds is 0. The summed E-state index contributed by atoms with van der Waals surface area (Å²) >= 11 is 0. The Hall–Kier alpha value is -1.36. The Balaban J connectivity index is -0.00000000375. The first kappa shape index (κ1) is 127. The molecule has 0 aromatic heterocycles. The summed E-state index contributed by atoms with van der Waals surface area (Å²) in [6.45, 7) is 0. The zero-order valence-corrected chi connectivity index (χ0v) is 8.09. The van der Waals surface area contributed by atoms with E-state index in [4.69, 9.17) is 30.6 Å². The molecule has 15 nitrogen and oxygen atoms in total. The van der Waals surface area contributed by atoms with E-state index in [2.05, 4.69) is 0 Å². The molecule has 0 amide bonds. The van der Waals surface area contributed by atoms with Gasteiger partial charge in [0.1, 0.15) is 0 Å². The second-order valence-corrected chi connectivity index (χ2v) is 0.447. The molecule has 0 atom stereocenters. The van der Waals surface area contributed by atoms with Crippen molar-refractivity contribution in [3.05, 3.63) is 30.6 Å². The van der Waals surface area contributed by atoms with Gasteiger partial charge in [-0.3, -0.25) is 0 Å². The summed E-state index contributed by atoms with van der Waals surface area (Å²) in [7, 11) is 0. The largest absolute Gasteiger partial charge is 2.00 e. The fourth-order valence-corrected chi connectivity index (χ4v) is 0. The van der Waals surface area contributed by atoms with E-state index in [1.165, 1.54) is 0 Å². The van der Waals surface area contributed by atoms with Crippen LogP contribution < -0.4 is 0 Å². The first-order valence-electron chi connectivity index (χ1n) is 1.10. The fraction of sp³-hybridized carbons (Fsp3) is 0. The molecule has 0 unspecified atom stereocenters. The van der Waals surface area contributed by atoms with E-state index in [9.17, 15) is 0 Å². The monoisotopic (exact) mass is 313 g/mol. The van der Waals surface area contributed by atoms with Gasteiger partial charge in [0, 0.05) is 0 Å². The minimum atomic E-state index is -1.75. The van der Waals surface area contributed by atoms with E-state index < -0.39 is 10.2 Å². The minimum absolute atomic E-state index is 0. The summed E-state index contributed by atoms with van der Waals surface area (Å²) in [6.07, 6.45) is 0. The van der Waals surface area contributed by atoms with Crippen molar-refractivity contribution < 1.29 is 65.6 Å². The van der Waals surface area contributed by atoms with Crippen molar-refractivity contribution in [3.63, 3.8) is 0 Å². The maximum atomic E-state index is 8.25. The molecule has 0 rings (SSSR count). The Kier molecular flexibility index (Phi) is 801. The Morgan fingerprint density at radius 1 is 0.500 bits per heavy atom. The summed E-state index contributed by atoms with van der Waals surface area (Å²) in [5, 5.41) is 29.5. The van der Waals surface area contributed by atoms with Crippen molar-refractivity contribution in [1.29, 1.82) is 0 Å². The van der Waals surface area contributed by atoms with E-state index in [-0.39, 0.29) is 55.4 Å². The fourth-order valence-electron chi connectivity index (χ4n) is 0. The standard InChI is InChI=1S/Cu.2NO3.7H2O/c;2*2-1(3)4;;;;;;;/h;;;7*1H2/q+2;2*-1;;;;;;;. The van der Waals surface area contributed by atoms with Crippen LogP contribution in [-0.2, 0) is 17.1 Å². The van der Waals surface area contributed by atoms with Crippen molar-refractivity contribution in [2.24, 2.45) is 0 Å². The molecule has 0 aliphatic heterocycles. The molecule has 0 saturated heterocycles. The van der Waals surface area contributed by atoms with Crippen LogP contribution in [0.1, 0.15) is 0 Å². The summed E-state index contributed by atoms with van der Waals surface area (Å²) in [5.74, 6) is 0. The molecule has 0 aromatic rings. The van der Waals surface area contributed by atoms with Gasteiger partial charge in [-0.15, -0.1) is 0 Å². The predicted molar refractivity (Wildman–Crippen MR) is 46.0 cm³/mol. The van der Waals surface area contributed by atoms with Gasteiger partial charge in [-0.05, 0) is 0 Å². The van der Waals surface area contributed by atoms with Gasteiger partial charge in [0.05, 0.1) is 10.2 Å². The SMILES string of the molecule is O.O.O.O.O.O.O.O=[N+]([O-])[O-].O=[N+]([O-])[O-].[Cu+2]. The number of nitrogens with zero attached hydrogens (tertiary/aromatic N) is 2. The van der Waals surface area contributed by atoms with Gasteiger partial charge < -0.3 is 69.0 Å².